The summed E-state index contributed by atoms with van der Waals surface area (Å²) in [7, 11) is -3.79. The molecule has 1 aliphatic carbocycles. The van der Waals surface area contributed by atoms with E-state index in [2.05, 4.69) is 9.46 Å². The average Bonchev–Trinajstić information content (AvgIpc) is 2.87. The quantitative estimate of drug-likeness (QED) is 0.821. The van der Waals surface area contributed by atoms with Crippen LogP contribution in [0, 0.1) is 5.92 Å². The van der Waals surface area contributed by atoms with E-state index in [4.69, 9.17) is 17.3 Å². The molecular formula is C13H17ClF2N2O3S. The minimum absolute atomic E-state index is 0.0956. The van der Waals surface area contributed by atoms with Crippen molar-refractivity contribution in [3.63, 3.8) is 0 Å². The zero-order chi connectivity index (χ0) is 16.3. The SMILES string of the molecule is NCC1CCCC1NS(=O)(=O)c1ccc(OC(F)F)c(Cl)c1. The summed E-state index contributed by atoms with van der Waals surface area (Å²) < 4.78 is 55.8. The molecule has 124 valence electrons. The lowest BCUT2D eigenvalue weighted by molar-refractivity contribution is -0.0498. The van der Waals surface area contributed by atoms with Crippen molar-refractivity contribution in [2.45, 2.75) is 36.8 Å². The molecule has 2 rings (SSSR count). The van der Waals surface area contributed by atoms with Gasteiger partial charge in [-0.2, -0.15) is 8.78 Å². The van der Waals surface area contributed by atoms with Crippen molar-refractivity contribution < 1.29 is 21.9 Å². The van der Waals surface area contributed by atoms with Crippen LogP contribution < -0.4 is 15.2 Å². The zero-order valence-corrected chi connectivity index (χ0v) is 13.2. The maximum Gasteiger partial charge on any atom is 0.387 e. The molecule has 0 amide bonds. The average molecular weight is 355 g/mol. The molecule has 0 spiro atoms. The minimum atomic E-state index is -3.79. The minimum Gasteiger partial charge on any atom is -0.433 e. The number of halogens is 3. The largest absolute Gasteiger partial charge is 0.433 e. The first-order valence-electron chi connectivity index (χ1n) is 6.80. The van der Waals surface area contributed by atoms with Crippen molar-refractivity contribution in [1.82, 2.24) is 4.72 Å². The first kappa shape index (κ1) is 17.4. The summed E-state index contributed by atoms with van der Waals surface area (Å²) in [6, 6.07) is 3.16. The van der Waals surface area contributed by atoms with E-state index in [-0.39, 0.29) is 27.6 Å². The van der Waals surface area contributed by atoms with E-state index < -0.39 is 16.6 Å². The second-order valence-electron chi connectivity index (χ2n) is 5.13. The number of nitrogens with two attached hydrogens (primary N) is 1. The molecule has 0 saturated heterocycles. The smallest absolute Gasteiger partial charge is 0.387 e. The third-order valence-electron chi connectivity index (χ3n) is 3.70. The molecule has 1 saturated carbocycles. The molecule has 1 aromatic carbocycles. The van der Waals surface area contributed by atoms with E-state index >= 15 is 0 Å². The van der Waals surface area contributed by atoms with Crippen LogP contribution in [0.3, 0.4) is 0 Å². The molecule has 2 unspecified atom stereocenters. The number of benzene rings is 1. The van der Waals surface area contributed by atoms with Gasteiger partial charge in [0, 0.05) is 6.04 Å². The maximum atomic E-state index is 12.3. The van der Waals surface area contributed by atoms with Gasteiger partial charge >= 0.3 is 6.61 Å². The fourth-order valence-corrected chi connectivity index (χ4v) is 4.24. The molecular weight excluding hydrogens is 338 g/mol. The standard InChI is InChI=1S/C13H17ClF2N2O3S/c14-10-6-9(4-5-12(10)21-13(15)16)22(19,20)18-11-3-1-2-8(11)7-17/h4-6,8,11,13,18H,1-3,7,17H2. The van der Waals surface area contributed by atoms with Crippen molar-refractivity contribution in [3.05, 3.63) is 23.2 Å². The summed E-state index contributed by atoms with van der Waals surface area (Å²) in [4.78, 5) is -0.0956. The Kier molecular flexibility index (Phi) is 5.60. The highest BCUT2D eigenvalue weighted by Gasteiger charge is 2.30. The first-order valence-corrected chi connectivity index (χ1v) is 8.66. The molecule has 0 radical (unpaired) electrons. The summed E-state index contributed by atoms with van der Waals surface area (Å²) in [5.74, 6) is -0.164. The van der Waals surface area contributed by atoms with Crippen molar-refractivity contribution in [2.75, 3.05) is 6.54 Å². The van der Waals surface area contributed by atoms with Crippen LogP contribution >= 0.6 is 11.6 Å². The predicted octanol–water partition coefficient (Wildman–Crippen LogP) is 2.35. The maximum absolute atomic E-state index is 12.3. The van der Waals surface area contributed by atoms with Gasteiger partial charge < -0.3 is 10.5 Å². The molecule has 1 aliphatic rings. The van der Waals surface area contributed by atoms with E-state index in [0.717, 1.165) is 31.4 Å². The molecule has 0 heterocycles. The Bertz CT molecular complexity index is 628. The van der Waals surface area contributed by atoms with E-state index in [1.807, 2.05) is 0 Å². The third-order valence-corrected chi connectivity index (χ3v) is 5.48. The summed E-state index contributed by atoms with van der Waals surface area (Å²) in [5.41, 5.74) is 5.63. The summed E-state index contributed by atoms with van der Waals surface area (Å²) in [5, 5.41) is -0.190. The van der Waals surface area contributed by atoms with Gasteiger partial charge in [0.25, 0.3) is 0 Å². The van der Waals surface area contributed by atoms with E-state index in [1.165, 1.54) is 6.07 Å². The number of rotatable bonds is 6. The first-order chi connectivity index (χ1) is 10.3. The van der Waals surface area contributed by atoms with Crippen molar-refractivity contribution >= 4 is 21.6 Å². The zero-order valence-electron chi connectivity index (χ0n) is 11.6. The summed E-state index contributed by atoms with van der Waals surface area (Å²) >= 11 is 5.78. The molecule has 0 aromatic heterocycles. The van der Waals surface area contributed by atoms with E-state index in [9.17, 15) is 17.2 Å². The molecule has 5 nitrogen and oxygen atoms in total. The van der Waals surface area contributed by atoms with Crippen molar-refractivity contribution in [3.8, 4) is 5.75 Å². The van der Waals surface area contributed by atoms with Gasteiger partial charge in [0.1, 0.15) is 5.75 Å². The second-order valence-corrected chi connectivity index (χ2v) is 7.25. The molecule has 0 aliphatic heterocycles. The Morgan fingerprint density at radius 1 is 1.41 bits per heavy atom. The molecule has 2 atom stereocenters. The van der Waals surface area contributed by atoms with E-state index in [0.29, 0.717) is 6.54 Å². The monoisotopic (exact) mass is 354 g/mol. The van der Waals surface area contributed by atoms with Crippen LogP contribution in [-0.2, 0) is 10.0 Å². The van der Waals surface area contributed by atoms with Gasteiger partial charge in [-0.3, -0.25) is 0 Å². The molecule has 22 heavy (non-hydrogen) atoms. The molecule has 1 aromatic rings. The van der Waals surface area contributed by atoms with Crippen LogP contribution in [0.25, 0.3) is 0 Å². The van der Waals surface area contributed by atoms with Crippen molar-refractivity contribution in [2.24, 2.45) is 11.7 Å². The number of ether oxygens (including phenoxy) is 1. The number of alkyl halides is 2. The Labute approximate surface area is 132 Å². The molecule has 1 fully saturated rings. The lowest BCUT2D eigenvalue weighted by Crippen LogP contribution is -2.39. The van der Waals surface area contributed by atoms with Crippen LogP contribution in [0.2, 0.25) is 5.02 Å². The van der Waals surface area contributed by atoms with E-state index in [1.54, 1.807) is 0 Å². The lowest BCUT2D eigenvalue weighted by atomic mass is 10.1. The fraction of sp³-hybridized carbons (Fsp3) is 0.538. The highest BCUT2D eigenvalue weighted by molar-refractivity contribution is 7.89. The van der Waals surface area contributed by atoms with Crippen LogP contribution in [0.15, 0.2) is 23.1 Å². The van der Waals surface area contributed by atoms with Crippen LogP contribution in [0.5, 0.6) is 5.75 Å². The predicted molar refractivity (Wildman–Crippen MR) is 78.6 cm³/mol. The number of nitrogens with one attached hydrogen (secondary N) is 1. The Morgan fingerprint density at radius 3 is 2.73 bits per heavy atom. The Balaban J connectivity index is 2.17. The highest BCUT2D eigenvalue weighted by Crippen LogP contribution is 2.30. The van der Waals surface area contributed by atoms with Gasteiger partial charge in [-0.1, -0.05) is 18.0 Å². The number of hydrogen-bond donors (Lipinski definition) is 2. The second kappa shape index (κ2) is 7.08. The van der Waals surface area contributed by atoms with Gasteiger partial charge in [-0.25, -0.2) is 13.1 Å². The van der Waals surface area contributed by atoms with Crippen LogP contribution in [0.4, 0.5) is 8.78 Å². The van der Waals surface area contributed by atoms with Gasteiger partial charge in [0.2, 0.25) is 10.0 Å². The van der Waals surface area contributed by atoms with Crippen LogP contribution in [-0.4, -0.2) is 27.6 Å². The summed E-state index contributed by atoms with van der Waals surface area (Å²) in [6.45, 7) is -2.61. The van der Waals surface area contributed by atoms with Gasteiger partial charge in [-0.15, -0.1) is 0 Å². The molecule has 3 N–H and O–H groups in total. The van der Waals surface area contributed by atoms with Gasteiger partial charge in [0.15, 0.2) is 0 Å². The number of sulfonamides is 1. The molecule has 0 bridgehead atoms. The normalized spacial score (nSPS) is 22.2. The Morgan fingerprint density at radius 2 is 2.14 bits per heavy atom. The lowest BCUT2D eigenvalue weighted by Gasteiger charge is -2.19. The topological polar surface area (TPSA) is 81.4 Å². The summed E-state index contributed by atoms with van der Waals surface area (Å²) in [6.07, 6.45) is 2.52. The number of hydrogen-bond acceptors (Lipinski definition) is 4. The van der Waals surface area contributed by atoms with Gasteiger partial charge in [0.05, 0.1) is 9.92 Å². The highest BCUT2D eigenvalue weighted by atomic mass is 35.5. The fourth-order valence-electron chi connectivity index (χ4n) is 2.58. The Hall–Kier alpha value is -0.960. The van der Waals surface area contributed by atoms with Crippen molar-refractivity contribution in [1.29, 1.82) is 0 Å². The third kappa shape index (κ3) is 4.07. The van der Waals surface area contributed by atoms with Gasteiger partial charge in [-0.05, 0) is 43.5 Å². The molecule has 9 heteroatoms. The van der Waals surface area contributed by atoms with Crippen LogP contribution in [0.1, 0.15) is 19.3 Å².